The normalized spacial score (nSPS) is 26.1. The minimum Gasteiger partial charge on any atom is -0.335 e. The molecule has 2 amide bonds. The summed E-state index contributed by atoms with van der Waals surface area (Å²) in [6.45, 7) is -0.209. The first-order chi connectivity index (χ1) is 7.13. The van der Waals surface area contributed by atoms with E-state index in [-0.39, 0.29) is 18.7 Å². The Labute approximate surface area is 91.0 Å². The molecule has 1 rings (SSSR count). The van der Waals surface area contributed by atoms with Crippen LogP contribution in [0.5, 0.6) is 0 Å². The van der Waals surface area contributed by atoms with Crippen LogP contribution in [0.1, 0.15) is 32.1 Å². The van der Waals surface area contributed by atoms with Crippen LogP contribution in [0.4, 0.5) is 9.18 Å². The zero-order chi connectivity index (χ0) is 11.3. The Bertz CT molecular complexity index is 201. The molecule has 1 N–H and O–H groups in total. The monoisotopic (exact) mass is 216 g/mol. The van der Waals surface area contributed by atoms with Crippen LogP contribution in [0.25, 0.3) is 0 Å². The highest BCUT2D eigenvalue weighted by Crippen LogP contribution is 2.26. The van der Waals surface area contributed by atoms with Gasteiger partial charge in [0.1, 0.15) is 0 Å². The maximum atomic E-state index is 12.1. The van der Waals surface area contributed by atoms with E-state index in [0.29, 0.717) is 12.3 Å². The predicted octanol–water partition coefficient (Wildman–Crippen LogP) is 2.18. The molecule has 0 radical (unpaired) electrons. The molecule has 15 heavy (non-hydrogen) atoms. The third-order valence-electron chi connectivity index (χ3n) is 3.10. The fourth-order valence-corrected chi connectivity index (χ4v) is 2.05. The van der Waals surface area contributed by atoms with Crippen molar-refractivity contribution in [1.29, 1.82) is 0 Å². The molecule has 0 unspecified atom stereocenters. The van der Waals surface area contributed by atoms with Crippen LogP contribution in [0.15, 0.2) is 0 Å². The van der Waals surface area contributed by atoms with Gasteiger partial charge in [0.25, 0.3) is 0 Å². The molecular formula is C11H21FN2O. The van der Waals surface area contributed by atoms with E-state index < -0.39 is 0 Å². The molecule has 0 aromatic rings. The summed E-state index contributed by atoms with van der Waals surface area (Å²) in [5, 5.41) is 2.97. The maximum absolute atomic E-state index is 12.1. The zero-order valence-corrected chi connectivity index (χ0v) is 9.63. The van der Waals surface area contributed by atoms with Crippen molar-refractivity contribution < 1.29 is 9.18 Å². The molecule has 0 saturated heterocycles. The summed E-state index contributed by atoms with van der Waals surface area (Å²) in [5.41, 5.74) is 0. The van der Waals surface area contributed by atoms with Crippen molar-refractivity contribution in [3.8, 4) is 0 Å². The molecule has 0 atom stereocenters. The van der Waals surface area contributed by atoms with Gasteiger partial charge in [0.2, 0.25) is 0 Å². The largest absolute Gasteiger partial charge is 0.335 e. The first-order valence-corrected chi connectivity index (χ1v) is 5.67. The van der Waals surface area contributed by atoms with Crippen molar-refractivity contribution in [1.82, 2.24) is 10.2 Å². The number of nitrogens with one attached hydrogen (secondary N) is 1. The Hall–Kier alpha value is -0.800. The van der Waals surface area contributed by atoms with Crippen molar-refractivity contribution in [3.63, 3.8) is 0 Å². The van der Waals surface area contributed by atoms with Gasteiger partial charge in [-0.1, -0.05) is 0 Å². The Morgan fingerprint density at radius 3 is 2.40 bits per heavy atom. The molecule has 0 aliphatic heterocycles. The van der Waals surface area contributed by atoms with E-state index in [9.17, 15) is 9.18 Å². The van der Waals surface area contributed by atoms with Gasteiger partial charge in [-0.25, -0.2) is 4.79 Å². The fraction of sp³-hybridized carbons (Fsp3) is 0.909. The number of nitrogens with zero attached hydrogens (tertiary/aromatic N) is 1. The van der Waals surface area contributed by atoms with E-state index in [0.717, 1.165) is 25.7 Å². The zero-order valence-electron chi connectivity index (χ0n) is 9.63. The molecule has 0 aromatic heterocycles. The second-order valence-electron chi connectivity index (χ2n) is 4.54. The molecule has 0 bridgehead atoms. The molecule has 1 aliphatic rings. The summed E-state index contributed by atoms with van der Waals surface area (Å²) in [5.74, 6) is 0.530. The van der Waals surface area contributed by atoms with E-state index in [4.69, 9.17) is 0 Å². The summed E-state index contributed by atoms with van der Waals surface area (Å²) in [7, 11) is 3.48. The van der Waals surface area contributed by atoms with Gasteiger partial charge in [0.05, 0.1) is 6.67 Å². The van der Waals surface area contributed by atoms with Crippen molar-refractivity contribution >= 4 is 6.03 Å². The summed E-state index contributed by atoms with van der Waals surface area (Å²) in [6.07, 6.45) is 4.76. The van der Waals surface area contributed by atoms with Crippen LogP contribution in [0, 0.1) is 5.92 Å². The molecule has 3 nitrogen and oxygen atoms in total. The number of carbonyl (C=O) groups excluding carboxylic acids is 1. The van der Waals surface area contributed by atoms with Crippen LogP contribution >= 0.6 is 0 Å². The van der Waals surface area contributed by atoms with Gasteiger partial charge in [0, 0.05) is 20.1 Å². The van der Waals surface area contributed by atoms with Crippen LogP contribution in [-0.2, 0) is 0 Å². The highest BCUT2D eigenvalue weighted by atomic mass is 19.1. The Kier molecular flexibility index (Phi) is 4.85. The molecule has 1 aliphatic carbocycles. The molecule has 1 saturated carbocycles. The SMILES string of the molecule is CN(C)C(=O)N[C@H]1CC[C@H](CCF)CC1. The lowest BCUT2D eigenvalue weighted by atomic mass is 9.84. The number of amides is 2. The van der Waals surface area contributed by atoms with Crippen LogP contribution < -0.4 is 5.32 Å². The number of rotatable bonds is 3. The van der Waals surface area contributed by atoms with Gasteiger partial charge in [-0.15, -0.1) is 0 Å². The second-order valence-corrected chi connectivity index (χ2v) is 4.54. The lowest BCUT2D eigenvalue weighted by Gasteiger charge is -2.29. The predicted molar refractivity (Wildman–Crippen MR) is 58.6 cm³/mol. The molecule has 0 spiro atoms. The molecule has 1 fully saturated rings. The number of halogens is 1. The summed E-state index contributed by atoms with van der Waals surface area (Å²) in [6, 6.07) is 0.264. The smallest absolute Gasteiger partial charge is 0.317 e. The van der Waals surface area contributed by atoms with Crippen molar-refractivity contribution in [2.45, 2.75) is 38.1 Å². The second kappa shape index (κ2) is 5.93. The van der Waals surface area contributed by atoms with Gasteiger partial charge in [0.15, 0.2) is 0 Å². The average Bonchev–Trinajstić information content (AvgIpc) is 2.21. The molecule has 4 heteroatoms. The fourth-order valence-electron chi connectivity index (χ4n) is 2.05. The van der Waals surface area contributed by atoms with E-state index >= 15 is 0 Å². The van der Waals surface area contributed by atoms with Gasteiger partial charge < -0.3 is 10.2 Å². The van der Waals surface area contributed by atoms with E-state index in [1.807, 2.05) is 0 Å². The summed E-state index contributed by atoms with van der Waals surface area (Å²) < 4.78 is 12.1. The minimum absolute atomic E-state index is 0.0241. The van der Waals surface area contributed by atoms with Gasteiger partial charge in [-0.2, -0.15) is 0 Å². The molecular weight excluding hydrogens is 195 g/mol. The van der Waals surface area contributed by atoms with Crippen molar-refractivity contribution in [3.05, 3.63) is 0 Å². The number of urea groups is 1. The molecule has 0 heterocycles. The Morgan fingerprint density at radius 1 is 1.33 bits per heavy atom. The lowest BCUT2D eigenvalue weighted by Crippen LogP contribution is -2.43. The maximum Gasteiger partial charge on any atom is 0.317 e. The van der Waals surface area contributed by atoms with Crippen LogP contribution in [0.3, 0.4) is 0 Å². The van der Waals surface area contributed by atoms with Crippen molar-refractivity contribution in [2.75, 3.05) is 20.8 Å². The third-order valence-corrected chi connectivity index (χ3v) is 3.10. The highest BCUT2D eigenvalue weighted by Gasteiger charge is 2.22. The van der Waals surface area contributed by atoms with E-state index in [2.05, 4.69) is 5.32 Å². The molecule has 88 valence electrons. The van der Waals surface area contributed by atoms with Crippen LogP contribution in [-0.4, -0.2) is 37.7 Å². The topological polar surface area (TPSA) is 32.3 Å². The summed E-state index contributed by atoms with van der Waals surface area (Å²) >= 11 is 0. The standard InChI is InChI=1S/C11H21FN2O/c1-14(2)11(15)13-10-5-3-9(4-6-10)7-8-12/h9-10H,3-8H2,1-2H3,(H,13,15)/t9-,10-. The van der Waals surface area contributed by atoms with Gasteiger partial charge in [-0.3, -0.25) is 4.39 Å². The van der Waals surface area contributed by atoms with E-state index in [1.165, 1.54) is 0 Å². The number of hydrogen-bond acceptors (Lipinski definition) is 1. The Balaban J connectivity index is 2.22. The quantitative estimate of drug-likeness (QED) is 0.770. The minimum atomic E-state index is -0.209. The van der Waals surface area contributed by atoms with Crippen LogP contribution in [0.2, 0.25) is 0 Å². The summed E-state index contributed by atoms with van der Waals surface area (Å²) in [4.78, 5) is 12.9. The first kappa shape index (κ1) is 12.3. The van der Waals surface area contributed by atoms with E-state index in [1.54, 1.807) is 19.0 Å². The van der Waals surface area contributed by atoms with Gasteiger partial charge in [-0.05, 0) is 38.0 Å². The van der Waals surface area contributed by atoms with Gasteiger partial charge >= 0.3 is 6.03 Å². The highest BCUT2D eigenvalue weighted by molar-refractivity contribution is 5.73. The number of hydrogen-bond donors (Lipinski definition) is 1. The Morgan fingerprint density at radius 2 is 1.93 bits per heavy atom. The third kappa shape index (κ3) is 4.06. The average molecular weight is 216 g/mol. The number of alkyl halides is 1. The first-order valence-electron chi connectivity index (χ1n) is 5.67. The van der Waals surface area contributed by atoms with Crippen molar-refractivity contribution in [2.24, 2.45) is 5.92 Å². The lowest BCUT2D eigenvalue weighted by molar-refractivity contribution is 0.202. The molecule has 0 aromatic carbocycles. The number of carbonyl (C=O) groups is 1.